The molecule has 0 amide bonds. The molecule has 7 heteroatoms. The van der Waals surface area contributed by atoms with Crippen molar-refractivity contribution in [2.24, 2.45) is 0 Å². The Balaban J connectivity index is 1.27. The van der Waals surface area contributed by atoms with Crippen LogP contribution in [-0.4, -0.2) is 57.6 Å². The molecule has 3 aromatic rings. The third kappa shape index (κ3) is 3.31. The van der Waals surface area contributed by atoms with Gasteiger partial charge in [-0.25, -0.2) is 19.9 Å². The first-order valence-electron chi connectivity index (χ1n) is 10.0. The highest BCUT2D eigenvalue weighted by Gasteiger charge is 2.25. The summed E-state index contributed by atoms with van der Waals surface area (Å²) in [6.45, 7) is 7.95. The highest BCUT2D eigenvalue weighted by Crippen LogP contribution is 2.23. The van der Waals surface area contributed by atoms with Gasteiger partial charge in [0.1, 0.15) is 0 Å². The first kappa shape index (κ1) is 17.5. The van der Waals surface area contributed by atoms with Crippen molar-refractivity contribution in [2.75, 3.05) is 37.6 Å². The third-order valence-electron chi connectivity index (χ3n) is 5.85. The van der Waals surface area contributed by atoms with Crippen molar-refractivity contribution in [3.8, 4) is 0 Å². The van der Waals surface area contributed by atoms with Crippen LogP contribution in [0.25, 0.3) is 11.0 Å². The van der Waals surface area contributed by atoms with E-state index in [1.807, 2.05) is 12.3 Å². The van der Waals surface area contributed by atoms with Crippen LogP contribution >= 0.6 is 0 Å². The smallest absolute Gasteiger partial charge is 0.225 e. The van der Waals surface area contributed by atoms with Crippen LogP contribution in [0.2, 0.25) is 0 Å². The molecule has 0 aromatic carbocycles. The van der Waals surface area contributed by atoms with Crippen molar-refractivity contribution in [3.05, 3.63) is 53.6 Å². The molecule has 0 spiro atoms. The maximum absolute atomic E-state index is 4.83. The summed E-state index contributed by atoms with van der Waals surface area (Å²) in [5, 5.41) is 4.46. The normalized spacial score (nSPS) is 18.8. The molecule has 1 N–H and O–H groups in total. The minimum atomic E-state index is 0.268. The first-order valence-corrected chi connectivity index (χ1v) is 10.0. The second-order valence-corrected chi connectivity index (χ2v) is 7.55. The van der Waals surface area contributed by atoms with E-state index in [1.165, 1.54) is 11.3 Å². The zero-order valence-electron chi connectivity index (χ0n) is 16.2. The number of piperazine rings is 1. The minimum absolute atomic E-state index is 0.268. The number of fused-ring (bicyclic) bond motifs is 2. The number of nitrogens with one attached hydrogen (secondary N) is 1. The lowest BCUT2D eigenvalue weighted by atomic mass is 10.1. The van der Waals surface area contributed by atoms with Crippen molar-refractivity contribution in [3.63, 3.8) is 0 Å². The Bertz CT molecular complexity index is 981. The number of hydrogen-bond acceptors (Lipinski definition) is 7. The van der Waals surface area contributed by atoms with E-state index in [-0.39, 0.29) is 6.04 Å². The van der Waals surface area contributed by atoms with Crippen LogP contribution < -0.4 is 10.2 Å². The quantitative estimate of drug-likeness (QED) is 0.750. The van der Waals surface area contributed by atoms with E-state index < -0.39 is 0 Å². The molecule has 0 saturated carbocycles. The van der Waals surface area contributed by atoms with E-state index >= 15 is 0 Å². The molecule has 1 unspecified atom stereocenters. The van der Waals surface area contributed by atoms with Crippen molar-refractivity contribution >= 4 is 17.0 Å². The largest absolute Gasteiger partial charge is 0.338 e. The number of anilines is 1. The van der Waals surface area contributed by atoms with Crippen molar-refractivity contribution in [1.29, 1.82) is 0 Å². The zero-order valence-corrected chi connectivity index (χ0v) is 16.2. The molecule has 3 aromatic heterocycles. The highest BCUT2D eigenvalue weighted by molar-refractivity contribution is 5.74. The summed E-state index contributed by atoms with van der Waals surface area (Å²) in [6.07, 6.45) is 4.78. The van der Waals surface area contributed by atoms with Crippen LogP contribution in [-0.2, 0) is 13.0 Å². The molecule has 7 nitrogen and oxygen atoms in total. The van der Waals surface area contributed by atoms with E-state index in [9.17, 15) is 0 Å². The molecule has 5 heterocycles. The highest BCUT2D eigenvalue weighted by atomic mass is 15.3. The Morgan fingerprint density at radius 3 is 2.82 bits per heavy atom. The van der Waals surface area contributed by atoms with Gasteiger partial charge in [0, 0.05) is 75.1 Å². The average Bonchev–Trinajstić information content (AvgIpc) is 2.78. The summed E-state index contributed by atoms with van der Waals surface area (Å²) in [7, 11) is 0. The molecule has 144 valence electrons. The number of pyridine rings is 2. The monoisotopic (exact) mass is 375 g/mol. The van der Waals surface area contributed by atoms with Crippen molar-refractivity contribution < 1.29 is 0 Å². The molecule has 1 atom stereocenters. The third-order valence-corrected chi connectivity index (χ3v) is 5.85. The maximum atomic E-state index is 4.83. The fraction of sp³-hybridized carbons (Fsp3) is 0.429. The Morgan fingerprint density at radius 2 is 1.93 bits per heavy atom. The topological polar surface area (TPSA) is 70.1 Å². The van der Waals surface area contributed by atoms with E-state index in [0.29, 0.717) is 0 Å². The molecule has 0 radical (unpaired) electrons. The maximum Gasteiger partial charge on any atom is 0.225 e. The van der Waals surface area contributed by atoms with Crippen LogP contribution in [0.3, 0.4) is 0 Å². The van der Waals surface area contributed by atoms with Gasteiger partial charge in [0.05, 0.1) is 11.4 Å². The lowest BCUT2D eigenvalue weighted by Gasteiger charge is -2.38. The Morgan fingerprint density at radius 1 is 1.04 bits per heavy atom. The molecular weight excluding hydrogens is 350 g/mol. The van der Waals surface area contributed by atoms with Crippen LogP contribution in [0.1, 0.15) is 29.9 Å². The van der Waals surface area contributed by atoms with Gasteiger partial charge in [0.25, 0.3) is 0 Å². The molecule has 0 aliphatic carbocycles. The number of hydrogen-bond donors (Lipinski definition) is 1. The van der Waals surface area contributed by atoms with Crippen molar-refractivity contribution in [1.82, 2.24) is 30.2 Å². The molecule has 2 aliphatic rings. The Hall–Kier alpha value is -2.64. The van der Waals surface area contributed by atoms with Gasteiger partial charge < -0.3 is 10.2 Å². The number of rotatable bonds is 3. The molecule has 2 aliphatic heterocycles. The van der Waals surface area contributed by atoms with Gasteiger partial charge in [-0.15, -0.1) is 0 Å². The Labute approximate surface area is 164 Å². The lowest BCUT2D eigenvalue weighted by Crippen LogP contribution is -2.48. The van der Waals surface area contributed by atoms with Crippen LogP contribution in [0.4, 0.5) is 5.95 Å². The van der Waals surface area contributed by atoms with Gasteiger partial charge in [-0.2, -0.15) is 0 Å². The summed E-state index contributed by atoms with van der Waals surface area (Å²) in [4.78, 5) is 23.4. The molecule has 1 saturated heterocycles. The van der Waals surface area contributed by atoms with Gasteiger partial charge in [-0.1, -0.05) is 0 Å². The summed E-state index contributed by atoms with van der Waals surface area (Å²) in [5.41, 5.74) is 4.34. The molecule has 28 heavy (non-hydrogen) atoms. The fourth-order valence-corrected chi connectivity index (χ4v) is 4.07. The lowest BCUT2D eigenvalue weighted by molar-refractivity contribution is 0.194. The minimum Gasteiger partial charge on any atom is -0.338 e. The first-order chi connectivity index (χ1) is 13.8. The number of aromatic nitrogens is 4. The zero-order chi connectivity index (χ0) is 18.9. The van der Waals surface area contributed by atoms with E-state index in [1.54, 1.807) is 6.20 Å². The van der Waals surface area contributed by atoms with Crippen LogP contribution in [0, 0.1) is 0 Å². The summed E-state index contributed by atoms with van der Waals surface area (Å²) in [5.74, 6) is 0.876. The standard InChI is InChI=1S/C21H25N7/c1-15(18-5-4-16-3-2-7-23-20(16)25-18)27-9-11-28(12-10-27)21-24-14-17-13-22-8-6-19(17)26-21/h2-5,7,14-15,22H,6,8-13H2,1H3. The predicted octanol–water partition coefficient (Wildman–Crippen LogP) is 1.95. The molecule has 1 fully saturated rings. The van der Waals surface area contributed by atoms with E-state index in [4.69, 9.17) is 9.97 Å². The van der Waals surface area contributed by atoms with Gasteiger partial charge in [0.2, 0.25) is 5.95 Å². The van der Waals surface area contributed by atoms with Gasteiger partial charge in [0.15, 0.2) is 5.65 Å². The van der Waals surface area contributed by atoms with E-state index in [0.717, 1.165) is 68.4 Å². The van der Waals surface area contributed by atoms with E-state index in [2.05, 4.69) is 50.2 Å². The van der Waals surface area contributed by atoms with Crippen LogP contribution in [0.5, 0.6) is 0 Å². The average molecular weight is 375 g/mol. The summed E-state index contributed by atoms with van der Waals surface area (Å²) >= 11 is 0. The summed E-state index contributed by atoms with van der Waals surface area (Å²) in [6, 6.07) is 8.52. The van der Waals surface area contributed by atoms with Gasteiger partial charge >= 0.3 is 0 Å². The molecule has 5 rings (SSSR count). The second-order valence-electron chi connectivity index (χ2n) is 7.55. The SMILES string of the molecule is CC(c1ccc2cccnc2n1)N1CCN(c2ncc3c(n2)CCNC3)CC1. The fourth-order valence-electron chi connectivity index (χ4n) is 4.07. The van der Waals surface area contributed by atoms with Gasteiger partial charge in [-0.3, -0.25) is 4.90 Å². The number of nitrogens with zero attached hydrogens (tertiary/aromatic N) is 6. The summed E-state index contributed by atoms with van der Waals surface area (Å²) < 4.78 is 0. The Kier molecular flexibility index (Phi) is 4.62. The molecular formula is C21H25N7. The van der Waals surface area contributed by atoms with Crippen molar-refractivity contribution in [2.45, 2.75) is 25.9 Å². The second kappa shape index (κ2) is 7.41. The molecule has 0 bridgehead atoms. The van der Waals surface area contributed by atoms with Gasteiger partial charge in [-0.05, 0) is 31.2 Å². The predicted molar refractivity (Wildman–Crippen MR) is 109 cm³/mol. The van der Waals surface area contributed by atoms with Crippen LogP contribution in [0.15, 0.2) is 36.7 Å².